The summed E-state index contributed by atoms with van der Waals surface area (Å²) in [6.07, 6.45) is 0. The molecule has 0 saturated heterocycles. The van der Waals surface area contributed by atoms with Crippen LogP contribution in [-0.4, -0.2) is 14.4 Å². The van der Waals surface area contributed by atoms with Crippen LogP contribution in [0.1, 0.15) is 12.5 Å². The second-order valence-corrected chi connectivity index (χ2v) is 4.84. The van der Waals surface area contributed by atoms with E-state index in [1.807, 2.05) is 0 Å². The summed E-state index contributed by atoms with van der Waals surface area (Å²) in [5.41, 5.74) is 6.70. The third kappa shape index (κ3) is 2.94. The third-order valence-electron chi connectivity index (χ3n) is 1.86. The van der Waals surface area contributed by atoms with Gasteiger partial charge in [-0.3, -0.25) is 4.79 Å². The van der Waals surface area contributed by atoms with Crippen LogP contribution < -0.4 is 10.6 Å². The fourth-order valence-electron chi connectivity index (χ4n) is 0.947. The third-order valence-corrected chi connectivity index (χ3v) is 3.03. The molecule has 0 atom stereocenters. The number of nitrogens with two attached hydrogens (primary N) is 1. The predicted octanol–water partition coefficient (Wildman–Crippen LogP) is 0.334. The number of hydrogen-bond donors (Lipinski definition) is 2. The summed E-state index contributed by atoms with van der Waals surface area (Å²) in [7, 11) is -3.87. The standard InChI is InChI=1S/C9H12N2O4S/c1-6-3-4-8(5-9(6)10)16(13,14)11-15-7(2)12/h3-5,11H,10H2,1-2H3. The molecular formula is C9H12N2O4S. The zero-order chi connectivity index (χ0) is 12.3. The number of carbonyl (C=O) groups excluding carboxylic acids is 1. The topological polar surface area (TPSA) is 98.5 Å². The normalized spacial score (nSPS) is 11.1. The minimum atomic E-state index is -3.87. The lowest BCUT2D eigenvalue weighted by Gasteiger charge is -2.07. The van der Waals surface area contributed by atoms with E-state index < -0.39 is 16.0 Å². The van der Waals surface area contributed by atoms with E-state index in [1.165, 1.54) is 12.1 Å². The molecule has 1 aromatic carbocycles. The maximum absolute atomic E-state index is 11.6. The van der Waals surface area contributed by atoms with Crippen LogP contribution >= 0.6 is 0 Å². The highest BCUT2D eigenvalue weighted by Gasteiger charge is 2.16. The van der Waals surface area contributed by atoms with Crippen molar-refractivity contribution in [2.75, 3.05) is 5.73 Å². The van der Waals surface area contributed by atoms with Gasteiger partial charge < -0.3 is 10.6 Å². The van der Waals surface area contributed by atoms with E-state index in [1.54, 1.807) is 17.9 Å². The van der Waals surface area contributed by atoms with Crippen LogP contribution in [0.2, 0.25) is 0 Å². The molecule has 0 heterocycles. The van der Waals surface area contributed by atoms with Crippen molar-refractivity contribution in [2.45, 2.75) is 18.7 Å². The van der Waals surface area contributed by atoms with Gasteiger partial charge >= 0.3 is 5.97 Å². The number of anilines is 1. The first kappa shape index (κ1) is 12.5. The van der Waals surface area contributed by atoms with Crippen molar-refractivity contribution < 1.29 is 18.0 Å². The van der Waals surface area contributed by atoms with E-state index >= 15 is 0 Å². The van der Waals surface area contributed by atoms with Gasteiger partial charge in [0.1, 0.15) is 0 Å². The fraction of sp³-hybridized carbons (Fsp3) is 0.222. The van der Waals surface area contributed by atoms with Crippen molar-refractivity contribution in [1.29, 1.82) is 0 Å². The van der Waals surface area contributed by atoms with Gasteiger partial charge in [0.15, 0.2) is 0 Å². The van der Waals surface area contributed by atoms with Crippen molar-refractivity contribution in [3.8, 4) is 0 Å². The monoisotopic (exact) mass is 244 g/mol. The van der Waals surface area contributed by atoms with Gasteiger partial charge in [0.25, 0.3) is 10.0 Å². The fourth-order valence-corrected chi connectivity index (χ4v) is 1.80. The number of nitrogen functional groups attached to an aromatic ring is 1. The van der Waals surface area contributed by atoms with Crippen molar-refractivity contribution in [3.63, 3.8) is 0 Å². The summed E-state index contributed by atoms with van der Waals surface area (Å²) < 4.78 is 23.1. The SMILES string of the molecule is CC(=O)ONS(=O)(=O)c1ccc(C)c(N)c1. The van der Waals surface area contributed by atoms with Gasteiger partial charge in [-0.1, -0.05) is 6.07 Å². The van der Waals surface area contributed by atoms with Crippen LogP contribution in [-0.2, 0) is 19.7 Å². The van der Waals surface area contributed by atoms with Crippen molar-refractivity contribution in [1.82, 2.24) is 4.89 Å². The quantitative estimate of drug-likeness (QED) is 0.590. The molecule has 0 fully saturated rings. The Morgan fingerprint density at radius 1 is 1.44 bits per heavy atom. The van der Waals surface area contributed by atoms with Gasteiger partial charge in [0, 0.05) is 12.6 Å². The smallest absolute Gasteiger partial charge is 0.323 e. The zero-order valence-electron chi connectivity index (χ0n) is 8.85. The second-order valence-electron chi connectivity index (χ2n) is 3.20. The highest BCUT2D eigenvalue weighted by atomic mass is 32.2. The molecule has 6 nitrogen and oxygen atoms in total. The Bertz CT molecular complexity index is 510. The average Bonchev–Trinajstić information content (AvgIpc) is 2.19. The first-order chi connectivity index (χ1) is 7.33. The molecule has 7 heteroatoms. The van der Waals surface area contributed by atoms with Crippen LogP contribution in [0.3, 0.4) is 0 Å². The average molecular weight is 244 g/mol. The number of sulfonamides is 1. The molecule has 0 unspecified atom stereocenters. The molecule has 0 radical (unpaired) electrons. The summed E-state index contributed by atoms with van der Waals surface area (Å²) in [6, 6.07) is 4.23. The number of carbonyl (C=O) groups is 1. The van der Waals surface area contributed by atoms with E-state index in [9.17, 15) is 13.2 Å². The van der Waals surface area contributed by atoms with Crippen LogP contribution in [0.15, 0.2) is 23.1 Å². The molecule has 0 spiro atoms. The lowest BCUT2D eigenvalue weighted by Crippen LogP contribution is -2.26. The van der Waals surface area contributed by atoms with Crippen LogP contribution in [0.4, 0.5) is 5.69 Å². The maximum Gasteiger partial charge on any atom is 0.323 e. The molecule has 1 rings (SSSR count). The Hall–Kier alpha value is -1.60. The molecule has 3 N–H and O–H groups in total. The van der Waals surface area contributed by atoms with Crippen LogP contribution in [0, 0.1) is 6.92 Å². The largest absolute Gasteiger partial charge is 0.398 e. The molecule has 0 aliphatic rings. The molecule has 0 amide bonds. The van der Waals surface area contributed by atoms with Gasteiger partial charge in [0.05, 0.1) is 4.90 Å². The second kappa shape index (κ2) is 4.50. The summed E-state index contributed by atoms with van der Waals surface area (Å²) in [5, 5.41) is 0. The van der Waals surface area contributed by atoms with Crippen molar-refractivity contribution >= 4 is 21.7 Å². The number of benzene rings is 1. The summed E-state index contributed by atoms with van der Waals surface area (Å²) in [6.45, 7) is 2.84. The van der Waals surface area contributed by atoms with Gasteiger partial charge in [-0.05, 0) is 29.5 Å². The Labute approximate surface area is 93.4 Å². The Morgan fingerprint density at radius 3 is 2.56 bits per heavy atom. The van der Waals surface area contributed by atoms with E-state index in [0.29, 0.717) is 5.69 Å². The lowest BCUT2D eigenvalue weighted by atomic mass is 10.2. The number of rotatable bonds is 3. The molecule has 0 bridgehead atoms. The van der Waals surface area contributed by atoms with Crippen molar-refractivity contribution in [2.24, 2.45) is 0 Å². The van der Waals surface area contributed by atoms with E-state index in [-0.39, 0.29) is 4.90 Å². The Balaban J connectivity index is 2.99. The summed E-state index contributed by atoms with van der Waals surface area (Å²) >= 11 is 0. The van der Waals surface area contributed by atoms with E-state index in [0.717, 1.165) is 12.5 Å². The maximum atomic E-state index is 11.6. The first-order valence-corrected chi connectivity index (χ1v) is 5.86. The number of aryl methyl sites for hydroxylation is 1. The number of hydrogen-bond acceptors (Lipinski definition) is 5. The van der Waals surface area contributed by atoms with Gasteiger partial charge in [-0.15, -0.1) is 0 Å². The van der Waals surface area contributed by atoms with Gasteiger partial charge in [-0.25, -0.2) is 8.42 Å². The molecule has 88 valence electrons. The van der Waals surface area contributed by atoms with E-state index in [2.05, 4.69) is 4.84 Å². The molecule has 0 saturated carbocycles. The minimum Gasteiger partial charge on any atom is -0.398 e. The Kier molecular flexibility index (Phi) is 3.51. The van der Waals surface area contributed by atoms with E-state index in [4.69, 9.17) is 5.73 Å². The first-order valence-electron chi connectivity index (χ1n) is 4.38. The zero-order valence-corrected chi connectivity index (χ0v) is 9.67. The molecule has 0 aliphatic carbocycles. The molecule has 16 heavy (non-hydrogen) atoms. The Morgan fingerprint density at radius 2 is 2.06 bits per heavy atom. The molecular weight excluding hydrogens is 232 g/mol. The highest BCUT2D eigenvalue weighted by Crippen LogP contribution is 2.16. The van der Waals surface area contributed by atoms with Gasteiger partial charge in [-0.2, -0.15) is 0 Å². The summed E-state index contributed by atoms with van der Waals surface area (Å²) in [4.78, 5) is 16.3. The molecule has 0 aromatic heterocycles. The van der Waals surface area contributed by atoms with Crippen LogP contribution in [0.25, 0.3) is 0 Å². The number of nitrogens with one attached hydrogen (secondary N) is 1. The predicted molar refractivity (Wildman–Crippen MR) is 57.7 cm³/mol. The van der Waals surface area contributed by atoms with Crippen LogP contribution in [0.5, 0.6) is 0 Å². The lowest BCUT2D eigenvalue weighted by molar-refractivity contribution is -0.144. The van der Waals surface area contributed by atoms with Gasteiger partial charge in [0.2, 0.25) is 0 Å². The van der Waals surface area contributed by atoms with Crippen molar-refractivity contribution in [3.05, 3.63) is 23.8 Å². The molecule has 1 aromatic rings. The molecule has 0 aliphatic heterocycles. The minimum absolute atomic E-state index is 0.0585. The highest BCUT2D eigenvalue weighted by molar-refractivity contribution is 7.89. The summed E-state index contributed by atoms with van der Waals surface area (Å²) in [5.74, 6) is -0.747.